The fourth-order valence-electron chi connectivity index (χ4n) is 3.39. The minimum atomic E-state index is -2.82. The second-order valence-electron chi connectivity index (χ2n) is 6.75. The number of unbranched alkanes of at least 4 members (excludes halogenated alkanes) is 1. The molecule has 0 N–H and O–H groups in total. The zero-order valence-electron chi connectivity index (χ0n) is 16.3. The number of hydrogen-bond acceptors (Lipinski definition) is 2. The molecule has 0 heterocycles. The average molecular weight is 399 g/mol. The number of allylic oxidation sites excluding steroid dienone is 2. The SMILES string of the molecule is C=CCC(CC=C)C(SCCCC)P(=O)(c1ccccc1)c1ccccc1. The summed E-state index contributed by atoms with van der Waals surface area (Å²) in [6.45, 7) is 10.1. The third kappa shape index (κ3) is 5.50. The third-order valence-corrected chi connectivity index (χ3v) is 10.6. The lowest BCUT2D eigenvalue weighted by molar-refractivity contribution is 0.546. The Morgan fingerprint density at radius 1 is 0.926 bits per heavy atom. The summed E-state index contributed by atoms with van der Waals surface area (Å²) in [5.74, 6) is 1.28. The molecule has 0 saturated heterocycles. The van der Waals surface area contributed by atoms with Gasteiger partial charge in [-0.15, -0.1) is 24.9 Å². The van der Waals surface area contributed by atoms with E-state index in [1.807, 2.05) is 84.6 Å². The molecule has 1 atom stereocenters. The van der Waals surface area contributed by atoms with E-state index in [1.54, 1.807) is 0 Å². The lowest BCUT2D eigenvalue weighted by atomic mass is 10.0. The van der Waals surface area contributed by atoms with E-state index < -0.39 is 7.14 Å². The highest BCUT2D eigenvalue weighted by molar-refractivity contribution is 8.08. The van der Waals surface area contributed by atoms with Gasteiger partial charge < -0.3 is 4.57 Å². The van der Waals surface area contributed by atoms with Crippen LogP contribution in [0, 0.1) is 5.92 Å². The first kappa shape index (κ1) is 21.8. The molecule has 0 aliphatic heterocycles. The van der Waals surface area contributed by atoms with Crippen LogP contribution in [0.2, 0.25) is 0 Å². The summed E-state index contributed by atoms with van der Waals surface area (Å²) in [6, 6.07) is 20.1. The van der Waals surface area contributed by atoms with Crippen LogP contribution >= 0.6 is 18.9 Å². The summed E-state index contributed by atoms with van der Waals surface area (Å²) >= 11 is 1.87. The second-order valence-corrected chi connectivity index (χ2v) is 11.3. The predicted molar refractivity (Wildman–Crippen MR) is 124 cm³/mol. The molecule has 2 aromatic carbocycles. The molecule has 0 saturated carbocycles. The molecule has 0 spiro atoms. The van der Waals surface area contributed by atoms with Crippen molar-refractivity contribution in [3.05, 3.63) is 86.0 Å². The first-order valence-electron chi connectivity index (χ1n) is 9.72. The van der Waals surface area contributed by atoms with E-state index in [0.29, 0.717) is 0 Å². The van der Waals surface area contributed by atoms with Gasteiger partial charge in [0.05, 0.1) is 4.99 Å². The van der Waals surface area contributed by atoms with E-state index in [1.165, 1.54) is 0 Å². The minimum absolute atomic E-state index is 0.0184. The highest BCUT2D eigenvalue weighted by atomic mass is 32.2. The third-order valence-electron chi connectivity index (χ3n) is 4.77. The van der Waals surface area contributed by atoms with Gasteiger partial charge in [0, 0.05) is 10.6 Å². The Bertz CT molecular complexity index is 688. The van der Waals surface area contributed by atoms with Crippen molar-refractivity contribution in [1.82, 2.24) is 0 Å². The van der Waals surface area contributed by atoms with E-state index >= 15 is 0 Å². The summed E-state index contributed by atoms with van der Waals surface area (Å²) in [4.78, 5) is 0.0184. The monoisotopic (exact) mass is 398 g/mol. The molecule has 2 rings (SSSR count). The molecule has 0 bridgehead atoms. The zero-order chi connectivity index (χ0) is 19.5. The van der Waals surface area contributed by atoms with Gasteiger partial charge in [0.2, 0.25) is 0 Å². The lowest BCUT2D eigenvalue weighted by Gasteiger charge is -2.34. The maximum Gasteiger partial charge on any atom is 0.155 e. The number of benzene rings is 2. The molecule has 0 aromatic heterocycles. The summed E-state index contributed by atoms with van der Waals surface area (Å²) in [5, 5.41) is 1.90. The molecule has 0 amide bonds. The van der Waals surface area contributed by atoms with Crippen LogP contribution in [0.3, 0.4) is 0 Å². The van der Waals surface area contributed by atoms with Crippen LogP contribution in [0.4, 0.5) is 0 Å². The van der Waals surface area contributed by atoms with Crippen molar-refractivity contribution < 1.29 is 4.57 Å². The van der Waals surface area contributed by atoms with Gasteiger partial charge in [0.1, 0.15) is 0 Å². The predicted octanol–water partition coefficient (Wildman–Crippen LogP) is 6.63. The molecule has 1 nitrogen and oxygen atoms in total. The molecular weight excluding hydrogens is 367 g/mol. The van der Waals surface area contributed by atoms with Crippen molar-refractivity contribution in [3.63, 3.8) is 0 Å². The molecule has 0 aliphatic rings. The van der Waals surface area contributed by atoms with Crippen LogP contribution in [0.1, 0.15) is 32.6 Å². The lowest BCUT2D eigenvalue weighted by Crippen LogP contribution is -2.29. The second kappa shape index (κ2) is 11.4. The van der Waals surface area contributed by atoms with Gasteiger partial charge in [-0.2, -0.15) is 0 Å². The van der Waals surface area contributed by atoms with Crippen LogP contribution in [0.5, 0.6) is 0 Å². The van der Waals surface area contributed by atoms with Crippen LogP contribution in [0.15, 0.2) is 86.0 Å². The van der Waals surface area contributed by atoms with Crippen molar-refractivity contribution in [1.29, 1.82) is 0 Å². The van der Waals surface area contributed by atoms with Gasteiger partial charge in [0.25, 0.3) is 0 Å². The summed E-state index contributed by atoms with van der Waals surface area (Å²) < 4.78 is 14.8. The molecule has 144 valence electrons. The fourth-order valence-corrected chi connectivity index (χ4v) is 9.42. The zero-order valence-corrected chi connectivity index (χ0v) is 18.0. The fraction of sp³-hybridized carbons (Fsp3) is 0.333. The molecule has 0 radical (unpaired) electrons. The number of rotatable bonds is 12. The maximum absolute atomic E-state index is 14.8. The Morgan fingerprint density at radius 2 is 1.41 bits per heavy atom. The smallest absolute Gasteiger partial charge is 0.155 e. The first-order chi connectivity index (χ1) is 13.2. The Morgan fingerprint density at radius 3 is 1.81 bits per heavy atom. The molecule has 0 fully saturated rings. The summed E-state index contributed by atoms with van der Waals surface area (Å²) in [6.07, 6.45) is 7.90. The van der Waals surface area contributed by atoms with E-state index in [4.69, 9.17) is 0 Å². The molecule has 1 unspecified atom stereocenters. The van der Waals surface area contributed by atoms with Crippen LogP contribution < -0.4 is 10.6 Å². The highest BCUT2D eigenvalue weighted by Crippen LogP contribution is 2.57. The van der Waals surface area contributed by atoms with Crippen molar-refractivity contribution >= 4 is 29.5 Å². The Kier molecular flexibility index (Phi) is 9.18. The summed E-state index contributed by atoms with van der Waals surface area (Å²) in [5.41, 5.74) is 0. The Hall–Kier alpha value is -1.50. The molecule has 2 aromatic rings. The molecular formula is C24H31OPS. The maximum atomic E-state index is 14.8. The Labute approximate surface area is 169 Å². The van der Waals surface area contributed by atoms with Crippen LogP contribution in [-0.2, 0) is 4.57 Å². The van der Waals surface area contributed by atoms with E-state index in [9.17, 15) is 4.57 Å². The van der Waals surface area contributed by atoms with Gasteiger partial charge >= 0.3 is 0 Å². The van der Waals surface area contributed by atoms with Crippen molar-refractivity contribution in [2.24, 2.45) is 5.92 Å². The highest BCUT2D eigenvalue weighted by Gasteiger charge is 2.40. The van der Waals surface area contributed by atoms with Gasteiger partial charge in [-0.3, -0.25) is 0 Å². The summed E-state index contributed by atoms with van der Waals surface area (Å²) in [7, 11) is -2.82. The first-order valence-corrected chi connectivity index (χ1v) is 12.5. The van der Waals surface area contributed by atoms with Gasteiger partial charge in [-0.05, 0) is 30.9 Å². The molecule has 27 heavy (non-hydrogen) atoms. The topological polar surface area (TPSA) is 17.1 Å². The molecule has 3 heteroatoms. The minimum Gasteiger partial charge on any atom is -0.312 e. The molecule has 0 aliphatic carbocycles. The number of thioether (sulfide) groups is 1. The normalized spacial score (nSPS) is 12.7. The van der Waals surface area contributed by atoms with E-state index in [2.05, 4.69) is 20.1 Å². The van der Waals surface area contributed by atoms with Gasteiger partial charge in [0.15, 0.2) is 7.14 Å². The van der Waals surface area contributed by atoms with Crippen LogP contribution in [0.25, 0.3) is 0 Å². The average Bonchev–Trinajstić information content (AvgIpc) is 2.72. The standard InChI is InChI=1S/C24H31OPS/c1-4-7-20-27-24(21(14-5-2)15-6-3)26(25,22-16-10-8-11-17-22)23-18-12-9-13-19-23/h5-6,8-13,16-19,21,24H,2-4,7,14-15,20H2,1H3. The quantitative estimate of drug-likeness (QED) is 0.227. The van der Waals surface area contributed by atoms with E-state index in [-0.39, 0.29) is 10.9 Å². The van der Waals surface area contributed by atoms with Gasteiger partial charge in [-0.1, -0.05) is 86.2 Å². The van der Waals surface area contributed by atoms with Crippen molar-refractivity contribution in [2.75, 3.05) is 5.75 Å². The van der Waals surface area contributed by atoms with Crippen molar-refractivity contribution in [3.8, 4) is 0 Å². The van der Waals surface area contributed by atoms with Gasteiger partial charge in [-0.25, -0.2) is 0 Å². The van der Waals surface area contributed by atoms with Crippen LogP contribution in [-0.4, -0.2) is 10.7 Å². The van der Waals surface area contributed by atoms with Crippen molar-refractivity contribution in [2.45, 2.75) is 37.6 Å². The largest absolute Gasteiger partial charge is 0.312 e. The Balaban J connectivity index is 2.59. The van der Waals surface area contributed by atoms with E-state index in [0.717, 1.165) is 42.0 Å². The number of hydrogen-bond donors (Lipinski definition) is 0.